The van der Waals surface area contributed by atoms with Gasteiger partial charge in [0.15, 0.2) is 0 Å². The average molecular weight is 777 g/mol. The van der Waals surface area contributed by atoms with Crippen LogP contribution < -0.4 is 0 Å². The molecule has 4 nitrogen and oxygen atoms in total. The smallest absolute Gasteiger partial charge is 0.143 e. The minimum atomic E-state index is -0.225. The summed E-state index contributed by atoms with van der Waals surface area (Å²) in [5.74, 6) is 0.416. The topological polar surface area (TPSA) is 80.9 Å². The van der Waals surface area contributed by atoms with E-state index in [1.54, 1.807) is 0 Å². The van der Waals surface area contributed by atoms with Crippen LogP contribution in [0, 0.1) is 0 Å². The third-order valence-electron chi connectivity index (χ3n) is 8.50. The summed E-state index contributed by atoms with van der Waals surface area (Å²) in [5.41, 5.74) is 3.22. The SMILES string of the molecule is CC(C)(C)c1cc2c(O)c(c1)Sc1cc(C(C)(C)C)cc(c1O)Sc1cc(C(C)(C)C)cc(c1O)Sc1cc(C(C)(C)C)cc(c1O)S2.[Fe]. The van der Waals surface area contributed by atoms with Gasteiger partial charge in [0, 0.05) is 17.1 Å². The summed E-state index contributed by atoms with van der Waals surface area (Å²) in [6.07, 6.45) is 0. The van der Waals surface area contributed by atoms with Gasteiger partial charge in [0.2, 0.25) is 0 Å². The van der Waals surface area contributed by atoms with E-state index in [9.17, 15) is 20.4 Å². The number of hydrogen-bond donors (Lipinski definition) is 4. The summed E-state index contributed by atoms with van der Waals surface area (Å²) >= 11 is 5.33. The zero-order valence-electron chi connectivity index (χ0n) is 30.4. The van der Waals surface area contributed by atoms with Crippen molar-refractivity contribution in [3.63, 3.8) is 0 Å². The molecule has 5 rings (SSSR count). The van der Waals surface area contributed by atoms with E-state index in [0.717, 1.165) is 22.3 Å². The third kappa shape index (κ3) is 8.56. The monoisotopic (exact) mass is 776 g/mol. The largest absolute Gasteiger partial charge is 0.506 e. The van der Waals surface area contributed by atoms with Gasteiger partial charge < -0.3 is 20.4 Å². The first-order valence-corrected chi connectivity index (χ1v) is 19.4. The van der Waals surface area contributed by atoms with Gasteiger partial charge in [0.25, 0.3) is 0 Å². The van der Waals surface area contributed by atoms with Gasteiger partial charge in [-0.3, -0.25) is 0 Å². The Bertz CT molecular complexity index is 1540. The van der Waals surface area contributed by atoms with E-state index in [0.29, 0.717) is 39.2 Å². The Balaban J connectivity index is 0.00000541. The average Bonchev–Trinajstić information content (AvgIpc) is 2.93. The van der Waals surface area contributed by atoms with Crippen LogP contribution in [0.5, 0.6) is 23.0 Å². The van der Waals surface area contributed by atoms with Crippen LogP contribution in [0.1, 0.15) is 105 Å². The molecule has 0 amide bonds. The normalized spacial score (nSPS) is 14.0. The number of benzene rings is 4. The standard InChI is InChI=1S/C40H48O4S4.Fe/c1-37(2,3)21-13-25-33(41)26(14-21)46-28-16-23(39(7,8)9)18-30(35(28)43)48-32-20-24(40(10,11)12)19-31(36(32)44)47-29-17-22(38(4,5)6)15-27(45-25)34(29)42;/h13-20,41-44H,1-12H3;. The van der Waals surface area contributed by atoms with E-state index in [1.165, 1.54) is 47.0 Å². The van der Waals surface area contributed by atoms with Crippen LogP contribution in [0.4, 0.5) is 0 Å². The first-order valence-electron chi connectivity index (χ1n) is 16.1. The Hall–Kier alpha value is -2.00. The molecule has 0 aromatic heterocycles. The Morgan fingerprint density at radius 2 is 0.429 bits per heavy atom. The Morgan fingerprint density at radius 3 is 0.531 bits per heavy atom. The molecule has 49 heavy (non-hydrogen) atoms. The minimum Gasteiger partial charge on any atom is -0.506 e. The van der Waals surface area contributed by atoms with Crippen molar-refractivity contribution in [2.45, 2.75) is 144 Å². The molecular weight excluding hydrogens is 729 g/mol. The van der Waals surface area contributed by atoms with Crippen LogP contribution in [-0.2, 0) is 38.7 Å². The summed E-state index contributed by atoms with van der Waals surface area (Å²) < 4.78 is 0. The van der Waals surface area contributed by atoms with Crippen molar-refractivity contribution in [2.75, 3.05) is 0 Å². The fraction of sp³-hybridized carbons (Fsp3) is 0.400. The fourth-order valence-corrected chi connectivity index (χ4v) is 9.50. The number of phenols is 4. The van der Waals surface area contributed by atoms with Crippen LogP contribution in [-0.4, -0.2) is 20.4 Å². The summed E-state index contributed by atoms with van der Waals surface area (Å²) in [6.45, 7) is 25.7. The molecule has 0 saturated carbocycles. The zero-order valence-corrected chi connectivity index (χ0v) is 34.8. The number of fused-ring (bicyclic) bond motifs is 8. The summed E-state index contributed by atoms with van der Waals surface area (Å²) in [5, 5.41) is 47.4. The second kappa shape index (κ2) is 13.9. The minimum absolute atomic E-state index is 0. The molecule has 0 atom stereocenters. The third-order valence-corrected chi connectivity index (χ3v) is 12.8. The molecule has 0 radical (unpaired) electrons. The van der Waals surface area contributed by atoms with Crippen LogP contribution >= 0.6 is 47.0 Å². The van der Waals surface area contributed by atoms with E-state index in [1.807, 2.05) is 48.5 Å². The first-order chi connectivity index (χ1) is 21.9. The van der Waals surface area contributed by atoms with Crippen molar-refractivity contribution in [2.24, 2.45) is 0 Å². The molecule has 4 N–H and O–H groups in total. The molecule has 1 heterocycles. The molecule has 1 aliphatic heterocycles. The van der Waals surface area contributed by atoms with Gasteiger partial charge in [-0.2, -0.15) is 0 Å². The van der Waals surface area contributed by atoms with E-state index >= 15 is 0 Å². The first kappa shape index (κ1) is 39.8. The van der Waals surface area contributed by atoms with Gasteiger partial charge in [0.05, 0.1) is 39.2 Å². The van der Waals surface area contributed by atoms with Gasteiger partial charge >= 0.3 is 0 Å². The maximum atomic E-state index is 11.9. The zero-order chi connectivity index (χ0) is 35.7. The molecule has 0 fully saturated rings. The summed E-state index contributed by atoms with van der Waals surface area (Å²) in [6, 6.07) is 16.0. The van der Waals surface area contributed by atoms with Crippen LogP contribution in [0.3, 0.4) is 0 Å². The number of aromatic hydroxyl groups is 4. The van der Waals surface area contributed by atoms with E-state index in [-0.39, 0.29) is 61.7 Å². The molecule has 8 bridgehead atoms. The van der Waals surface area contributed by atoms with Crippen molar-refractivity contribution < 1.29 is 37.5 Å². The molecular formula is C40H48FeO4S4. The van der Waals surface area contributed by atoms with E-state index in [2.05, 4.69) is 83.1 Å². The van der Waals surface area contributed by atoms with Crippen molar-refractivity contribution in [3.05, 3.63) is 70.8 Å². The molecule has 1 aliphatic rings. The van der Waals surface area contributed by atoms with Gasteiger partial charge in [-0.25, -0.2) is 0 Å². The molecule has 0 unspecified atom stereocenters. The second-order valence-corrected chi connectivity index (χ2v) is 21.0. The maximum absolute atomic E-state index is 11.9. The van der Waals surface area contributed by atoms with Crippen molar-refractivity contribution in [1.82, 2.24) is 0 Å². The Kier molecular flexibility index (Phi) is 11.2. The molecule has 0 spiro atoms. The van der Waals surface area contributed by atoms with E-state index < -0.39 is 0 Å². The Morgan fingerprint density at radius 1 is 0.306 bits per heavy atom. The van der Waals surface area contributed by atoms with Crippen LogP contribution in [0.15, 0.2) is 87.7 Å². The predicted octanol–water partition coefficient (Wildman–Crippen LogP) is 12.6. The van der Waals surface area contributed by atoms with Gasteiger partial charge in [0.1, 0.15) is 23.0 Å². The Labute approximate surface area is 320 Å². The molecule has 0 saturated heterocycles. The number of rotatable bonds is 0. The van der Waals surface area contributed by atoms with Gasteiger partial charge in [-0.1, -0.05) is 130 Å². The fourth-order valence-electron chi connectivity index (χ4n) is 5.16. The van der Waals surface area contributed by atoms with Crippen molar-refractivity contribution in [1.29, 1.82) is 0 Å². The van der Waals surface area contributed by atoms with Crippen LogP contribution in [0.2, 0.25) is 0 Å². The van der Waals surface area contributed by atoms with Crippen molar-refractivity contribution >= 4 is 47.0 Å². The quantitative estimate of drug-likeness (QED) is 0.116. The molecule has 4 aromatic rings. The predicted molar refractivity (Wildman–Crippen MR) is 204 cm³/mol. The van der Waals surface area contributed by atoms with Crippen molar-refractivity contribution in [3.8, 4) is 23.0 Å². The number of hydrogen-bond acceptors (Lipinski definition) is 8. The molecule has 4 aromatic carbocycles. The second-order valence-electron chi connectivity index (χ2n) is 16.7. The van der Waals surface area contributed by atoms with Crippen LogP contribution in [0.25, 0.3) is 0 Å². The van der Waals surface area contributed by atoms with Gasteiger partial charge in [-0.15, -0.1) is 0 Å². The van der Waals surface area contributed by atoms with Gasteiger partial charge in [-0.05, 0) is 92.4 Å². The molecule has 9 heteroatoms. The molecule has 264 valence electrons. The summed E-state index contributed by atoms with van der Waals surface area (Å²) in [4.78, 5) is 4.96. The molecule has 0 aliphatic carbocycles. The summed E-state index contributed by atoms with van der Waals surface area (Å²) in [7, 11) is 0. The van der Waals surface area contributed by atoms with E-state index in [4.69, 9.17) is 0 Å². The maximum Gasteiger partial charge on any atom is 0.143 e. The number of phenolic OH excluding ortho intramolecular Hbond substituents is 4.